The lowest BCUT2D eigenvalue weighted by atomic mass is 9.95. The number of carbonyl (C=O) groups is 2. The zero-order chi connectivity index (χ0) is 27.9. The fourth-order valence-corrected chi connectivity index (χ4v) is 5.48. The number of ether oxygens (including phenoxy) is 2. The van der Waals surface area contributed by atoms with E-state index in [9.17, 15) is 18.0 Å². The fourth-order valence-electron chi connectivity index (χ4n) is 4.63. The summed E-state index contributed by atoms with van der Waals surface area (Å²) in [5.74, 6) is -0.0133. The van der Waals surface area contributed by atoms with Gasteiger partial charge in [-0.3, -0.25) is 13.9 Å². The molecule has 1 saturated carbocycles. The van der Waals surface area contributed by atoms with E-state index >= 15 is 0 Å². The Balaban J connectivity index is 1.91. The number of nitrogens with one attached hydrogen (secondary N) is 1. The van der Waals surface area contributed by atoms with Crippen molar-refractivity contribution in [1.82, 2.24) is 10.2 Å². The Kier molecular flexibility index (Phi) is 10.0. The van der Waals surface area contributed by atoms with E-state index in [0.717, 1.165) is 53.8 Å². The third-order valence-electron chi connectivity index (χ3n) is 6.93. The molecule has 0 aliphatic heterocycles. The predicted octanol–water partition coefficient (Wildman–Crippen LogP) is 3.64. The Bertz CT molecular complexity index is 1210. The number of anilines is 1. The molecule has 208 valence electrons. The van der Waals surface area contributed by atoms with Gasteiger partial charge in [-0.25, -0.2) is 8.42 Å². The van der Waals surface area contributed by atoms with Gasteiger partial charge in [-0.15, -0.1) is 0 Å². The first kappa shape index (κ1) is 29.3. The van der Waals surface area contributed by atoms with Crippen LogP contribution in [-0.4, -0.2) is 64.2 Å². The summed E-state index contributed by atoms with van der Waals surface area (Å²) in [7, 11) is -0.968. The SMILES string of the molecule is COc1ccc(N(CC(=O)N(Cc2ccc(C)cc2)[C@H](C)C(=O)NC2CCCCC2)S(C)(=O)=O)c(OC)c1. The average molecular weight is 546 g/mol. The van der Waals surface area contributed by atoms with Crippen molar-refractivity contribution in [3.63, 3.8) is 0 Å². The summed E-state index contributed by atoms with van der Waals surface area (Å²) in [5.41, 5.74) is 2.12. The van der Waals surface area contributed by atoms with Gasteiger partial charge in [0, 0.05) is 18.7 Å². The first-order valence-electron chi connectivity index (χ1n) is 12.9. The monoisotopic (exact) mass is 545 g/mol. The summed E-state index contributed by atoms with van der Waals surface area (Å²) in [5, 5.41) is 3.10. The molecule has 0 unspecified atom stereocenters. The molecular weight excluding hydrogens is 506 g/mol. The van der Waals surface area contributed by atoms with Crippen molar-refractivity contribution in [2.24, 2.45) is 0 Å². The van der Waals surface area contributed by atoms with Crippen molar-refractivity contribution >= 4 is 27.5 Å². The Morgan fingerprint density at radius 1 is 1.03 bits per heavy atom. The first-order chi connectivity index (χ1) is 18.0. The molecule has 9 nitrogen and oxygen atoms in total. The highest BCUT2D eigenvalue weighted by atomic mass is 32.2. The van der Waals surface area contributed by atoms with Crippen molar-refractivity contribution in [1.29, 1.82) is 0 Å². The summed E-state index contributed by atoms with van der Waals surface area (Å²) in [6.07, 6.45) is 6.17. The Morgan fingerprint density at radius 2 is 1.68 bits per heavy atom. The molecule has 1 aliphatic carbocycles. The van der Waals surface area contributed by atoms with E-state index in [1.165, 1.54) is 25.2 Å². The number of hydrogen-bond donors (Lipinski definition) is 1. The maximum absolute atomic E-state index is 13.8. The van der Waals surface area contributed by atoms with Crippen LogP contribution in [0, 0.1) is 6.92 Å². The third-order valence-corrected chi connectivity index (χ3v) is 8.05. The molecular formula is C28H39N3O6S. The summed E-state index contributed by atoms with van der Waals surface area (Å²) in [4.78, 5) is 28.5. The van der Waals surface area contributed by atoms with E-state index in [2.05, 4.69) is 5.32 Å². The summed E-state index contributed by atoms with van der Waals surface area (Å²) < 4.78 is 37.4. The lowest BCUT2D eigenvalue weighted by Crippen LogP contribution is -2.53. The standard InChI is InChI=1S/C28H39N3O6S/c1-20-11-13-22(14-12-20)18-30(21(2)28(33)29-23-9-7-6-8-10-23)27(32)19-31(38(5,34)35)25-16-15-24(36-3)17-26(25)37-4/h11-17,21,23H,6-10,18-19H2,1-5H3,(H,29,33)/t21-/m1/s1. The highest BCUT2D eigenvalue weighted by Gasteiger charge is 2.32. The minimum atomic E-state index is -3.88. The molecule has 0 spiro atoms. The number of sulfonamides is 1. The van der Waals surface area contributed by atoms with Crippen molar-refractivity contribution < 1.29 is 27.5 Å². The van der Waals surface area contributed by atoms with Crippen LogP contribution >= 0.6 is 0 Å². The van der Waals surface area contributed by atoms with Crippen LogP contribution in [-0.2, 0) is 26.2 Å². The van der Waals surface area contributed by atoms with E-state index < -0.39 is 28.5 Å². The second-order valence-electron chi connectivity index (χ2n) is 9.83. The molecule has 1 fully saturated rings. The van der Waals surface area contributed by atoms with E-state index in [4.69, 9.17) is 9.47 Å². The van der Waals surface area contributed by atoms with E-state index in [-0.39, 0.29) is 29.9 Å². The quantitative estimate of drug-likeness (QED) is 0.462. The lowest BCUT2D eigenvalue weighted by molar-refractivity contribution is -0.139. The van der Waals surface area contributed by atoms with Crippen LogP contribution in [0.5, 0.6) is 11.5 Å². The van der Waals surface area contributed by atoms with Gasteiger partial charge < -0.3 is 19.7 Å². The van der Waals surface area contributed by atoms with Crippen LogP contribution in [0.1, 0.15) is 50.2 Å². The summed E-state index contributed by atoms with van der Waals surface area (Å²) >= 11 is 0. The highest BCUT2D eigenvalue weighted by molar-refractivity contribution is 7.92. The fraction of sp³-hybridized carbons (Fsp3) is 0.500. The predicted molar refractivity (Wildman–Crippen MR) is 148 cm³/mol. The van der Waals surface area contributed by atoms with E-state index in [1.54, 1.807) is 19.1 Å². The molecule has 0 radical (unpaired) electrons. The van der Waals surface area contributed by atoms with Crippen molar-refractivity contribution in [3.8, 4) is 11.5 Å². The van der Waals surface area contributed by atoms with Crippen LogP contribution in [0.4, 0.5) is 5.69 Å². The van der Waals surface area contributed by atoms with Gasteiger partial charge in [0.25, 0.3) is 0 Å². The molecule has 1 atom stereocenters. The molecule has 0 heterocycles. The Hall–Kier alpha value is -3.27. The van der Waals surface area contributed by atoms with Crippen LogP contribution in [0.3, 0.4) is 0 Å². The largest absolute Gasteiger partial charge is 0.497 e. The number of hydrogen-bond acceptors (Lipinski definition) is 6. The molecule has 0 bridgehead atoms. The summed E-state index contributed by atoms with van der Waals surface area (Å²) in [6, 6.07) is 11.7. The average Bonchev–Trinajstić information content (AvgIpc) is 2.90. The first-order valence-corrected chi connectivity index (χ1v) is 14.7. The Labute approximate surface area is 226 Å². The molecule has 38 heavy (non-hydrogen) atoms. The van der Waals surface area contributed by atoms with E-state index in [0.29, 0.717) is 5.75 Å². The van der Waals surface area contributed by atoms with E-state index in [1.807, 2.05) is 31.2 Å². The molecule has 3 rings (SSSR count). The molecule has 2 aromatic rings. The smallest absolute Gasteiger partial charge is 0.244 e. The van der Waals surface area contributed by atoms with Crippen LogP contribution < -0.4 is 19.1 Å². The zero-order valence-corrected chi connectivity index (χ0v) is 23.7. The second kappa shape index (κ2) is 13.0. The number of carbonyl (C=O) groups excluding carboxylic acids is 2. The maximum atomic E-state index is 13.8. The molecule has 1 aliphatic rings. The topological polar surface area (TPSA) is 105 Å². The van der Waals surface area contributed by atoms with Gasteiger partial charge >= 0.3 is 0 Å². The zero-order valence-electron chi connectivity index (χ0n) is 22.9. The van der Waals surface area contributed by atoms with Gasteiger partial charge in [0.05, 0.1) is 26.2 Å². The van der Waals surface area contributed by atoms with Crippen molar-refractivity contribution in [3.05, 3.63) is 53.6 Å². The van der Waals surface area contributed by atoms with Crippen molar-refractivity contribution in [2.45, 2.75) is 64.6 Å². The lowest BCUT2D eigenvalue weighted by Gasteiger charge is -2.33. The molecule has 0 saturated heterocycles. The van der Waals surface area contributed by atoms with Gasteiger partial charge in [0.2, 0.25) is 21.8 Å². The molecule has 2 amide bonds. The number of amides is 2. The molecule has 0 aromatic heterocycles. The van der Waals surface area contributed by atoms with Gasteiger partial charge in [0.1, 0.15) is 24.1 Å². The van der Waals surface area contributed by atoms with Gasteiger partial charge in [-0.05, 0) is 44.4 Å². The number of nitrogens with zero attached hydrogens (tertiary/aromatic N) is 2. The van der Waals surface area contributed by atoms with Gasteiger partial charge in [0.15, 0.2) is 0 Å². The van der Waals surface area contributed by atoms with Crippen LogP contribution in [0.15, 0.2) is 42.5 Å². The van der Waals surface area contributed by atoms with Crippen molar-refractivity contribution in [2.75, 3.05) is 31.3 Å². The van der Waals surface area contributed by atoms with Gasteiger partial charge in [-0.1, -0.05) is 49.1 Å². The van der Waals surface area contributed by atoms with Crippen LogP contribution in [0.25, 0.3) is 0 Å². The normalized spacial score (nSPS) is 14.9. The number of methoxy groups -OCH3 is 2. The second-order valence-corrected chi connectivity index (χ2v) is 11.7. The number of benzene rings is 2. The molecule has 1 N–H and O–H groups in total. The number of rotatable bonds is 11. The Morgan fingerprint density at radius 3 is 2.26 bits per heavy atom. The third kappa shape index (κ3) is 7.63. The van der Waals surface area contributed by atoms with Crippen LogP contribution in [0.2, 0.25) is 0 Å². The minimum absolute atomic E-state index is 0.0890. The maximum Gasteiger partial charge on any atom is 0.244 e. The minimum Gasteiger partial charge on any atom is -0.497 e. The molecule has 10 heteroatoms. The highest BCUT2D eigenvalue weighted by Crippen LogP contribution is 2.33. The number of aryl methyl sites for hydroxylation is 1. The summed E-state index contributed by atoms with van der Waals surface area (Å²) in [6.45, 7) is 3.33. The molecule has 2 aromatic carbocycles. The van der Waals surface area contributed by atoms with Gasteiger partial charge in [-0.2, -0.15) is 0 Å².